The zero-order valence-electron chi connectivity index (χ0n) is 15.2. The third-order valence-corrected chi connectivity index (χ3v) is 7.94. The van der Waals surface area contributed by atoms with Crippen molar-refractivity contribution in [3.63, 3.8) is 0 Å². The summed E-state index contributed by atoms with van der Waals surface area (Å²) in [5.74, 6) is -0.0737. The van der Waals surface area contributed by atoms with Crippen LogP contribution >= 0.6 is 11.7 Å². The Kier molecular flexibility index (Phi) is 5.15. The lowest BCUT2D eigenvalue weighted by Gasteiger charge is -2.36. The molecule has 27 heavy (non-hydrogen) atoms. The number of nitrogens with zero attached hydrogens (tertiary/aromatic N) is 5. The molecule has 2 aromatic rings. The van der Waals surface area contributed by atoms with Crippen LogP contribution < -0.4 is 0 Å². The summed E-state index contributed by atoms with van der Waals surface area (Å²) in [7, 11) is -3.80. The number of amides is 1. The molecule has 8 nitrogen and oxygen atoms in total. The second-order valence-electron chi connectivity index (χ2n) is 6.92. The average Bonchev–Trinajstić information content (AvgIpc) is 3.36. The highest BCUT2D eigenvalue weighted by atomic mass is 32.2. The summed E-state index contributed by atoms with van der Waals surface area (Å²) < 4.78 is 36.3. The Hall–Kier alpha value is -1.62. The molecule has 1 aromatic heterocycles. The van der Waals surface area contributed by atoms with Crippen molar-refractivity contribution in [2.75, 3.05) is 39.3 Å². The molecule has 0 N–H and O–H groups in total. The lowest BCUT2D eigenvalue weighted by molar-refractivity contribution is -0.136. The Morgan fingerprint density at radius 2 is 1.96 bits per heavy atom. The molecule has 146 valence electrons. The van der Waals surface area contributed by atoms with E-state index in [0.29, 0.717) is 43.5 Å². The average molecular weight is 410 g/mol. The highest BCUT2D eigenvalue weighted by molar-refractivity contribution is 7.89. The van der Waals surface area contributed by atoms with Crippen LogP contribution in [0.5, 0.6) is 0 Å². The molecule has 0 aliphatic carbocycles. The minimum Gasteiger partial charge on any atom is -0.339 e. The van der Waals surface area contributed by atoms with E-state index in [-0.39, 0.29) is 10.8 Å². The number of fused-ring (bicyclic) bond motifs is 1. The molecule has 1 atom stereocenters. The van der Waals surface area contributed by atoms with E-state index in [9.17, 15) is 13.2 Å². The summed E-state index contributed by atoms with van der Waals surface area (Å²) in [6, 6.07) is 4.36. The molecule has 0 radical (unpaired) electrons. The Bertz CT molecular complexity index is 937. The molecule has 0 saturated carbocycles. The number of aromatic nitrogens is 2. The second-order valence-corrected chi connectivity index (χ2v) is 9.31. The predicted molar refractivity (Wildman–Crippen MR) is 103 cm³/mol. The molecule has 3 heterocycles. The summed E-state index contributed by atoms with van der Waals surface area (Å²) in [5.41, 5.74) is 0.955. The minimum atomic E-state index is -3.80. The molecule has 4 rings (SSSR count). The van der Waals surface area contributed by atoms with Crippen LogP contribution in [0.3, 0.4) is 0 Å². The van der Waals surface area contributed by atoms with Crippen LogP contribution in [0.25, 0.3) is 11.0 Å². The highest BCUT2D eigenvalue weighted by Gasteiger charge is 2.42. The van der Waals surface area contributed by atoms with E-state index in [2.05, 4.69) is 20.6 Å². The first-order chi connectivity index (χ1) is 13.0. The maximum absolute atomic E-state index is 13.3. The van der Waals surface area contributed by atoms with E-state index in [4.69, 9.17) is 0 Å². The van der Waals surface area contributed by atoms with Crippen molar-refractivity contribution in [3.8, 4) is 0 Å². The van der Waals surface area contributed by atoms with E-state index in [1.807, 2.05) is 4.90 Å². The summed E-state index contributed by atoms with van der Waals surface area (Å²) in [5, 5.41) is 0. The molecule has 2 aliphatic heterocycles. The van der Waals surface area contributed by atoms with Gasteiger partial charge in [0.1, 0.15) is 22.0 Å². The molecule has 2 fully saturated rings. The summed E-state index contributed by atoms with van der Waals surface area (Å²) in [6.07, 6.45) is 1.26. The van der Waals surface area contributed by atoms with Crippen molar-refractivity contribution < 1.29 is 13.2 Å². The predicted octanol–water partition coefficient (Wildman–Crippen LogP) is 1.01. The molecule has 1 amide bonds. The van der Waals surface area contributed by atoms with Crippen LogP contribution in [0, 0.1) is 0 Å². The number of rotatable bonds is 4. The molecule has 2 aliphatic rings. The van der Waals surface area contributed by atoms with Crippen LogP contribution in [0.2, 0.25) is 0 Å². The number of sulfonamides is 1. The SMILES string of the molecule is CCN1CCN(C(=O)[C@H]2CCCN2S(=O)(=O)c2cccc3nsnc23)CC1. The van der Waals surface area contributed by atoms with Gasteiger partial charge in [0.15, 0.2) is 0 Å². The summed E-state index contributed by atoms with van der Waals surface area (Å²) in [4.78, 5) is 17.3. The first-order valence-electron chi connectivity index (χ1n) is 9.26. The van der Waals surface area contributed by atoms with Crippen molar-refractivity contribution in [2.45, 2.75) is 30.7 Å². The van der Waals surface area contributed by atoms with Crippen molar-refractivity contribution in [1.82, 2.24) is 22.9 Å². The van der Waals surface area contributed by atoms with Crippen LogP contribution in [-0.2, 0) is 14.8 Å². The monoisotopic (exact) mass is 409 g/mol. The number of benzene rings is 1. The lowest BCUT2D eigenvalue weighted by atomic mass is 10.2. The Balaban J connectivity index is 1.59. The molecule has 0 spiro atoms. The first-order valence-corrected chi connectivity index (χ1v) is 11.4. The van der Waals surface area contributed by atoms with Crippen LogP contribution in [0.15, 0.2) is 23.1 Å². The lowest BCUT2D eigenvalue weighted by Crippen LogP contribution is -2.54. The second kappa shape index (κ2) is 7.42. The van der Waals surface area contributed by atoms with Gasteiger partial charge in [0, 0.05) is 32.7 Å². The number of likely N-dealkylation sites (N-methyl/N-ethyl adjacent to an activating group) is 1. The fraction of sp³-hybridized carbons (Fsp3) is 0.588. The zero-order chi connectivity index (χ0) is 19.0. The Morgan fingerprint density at radius 3 is 2.70 bits per heavy atom. The summed E-state index contributed by atoms with van der Waals surface area (Å²) in [6.45, 7) is 6.43. The smallest absolute Gasteiger partial charge is 0.246 e. The largest absolute Gasteiger partial charge is 0.339 e. The standard InChI is InChI=1S/C17H23N5O3S2/c1-2-20-9-11-21(12-10-20)17(23)14-6-4-8-22(14)27(24,25)15-7-3-5-13-16(15)19-26-18-13/h3,5,7,14H,2,4,6,8-12H2,1H3/t14-/m1/s1. The van der Waals surface area contributed by atoms with Gasteiger partial charge in [0.25, 0.3) is 0 Å². The normalized spacial score (nSPS) is 22.6. The van der Waals surface area contributed by atoms with E-state index < -0.39 is 16.1 Å². The number of hydrogen-bond donors (Lipinski definition) is 0. The highest BCUT2D eigenvalue weighted by Crippen LogP contribution is 2.30. The van der Waals surface area contributed by atoms with E-state index in [0.717, 1.165) is 31.4 Å². The number of hydrogen-bond acceptors (Lipinski definition) is 7. The number of piperazine rings is 1. The van der Waals surface area contributed by atoms with Crippen LogP contribution in [0.1, 0.15) is 19.8 Å². The third kappa shape index (κ3) is 3.35. The molecule has 0 unspecified atom stereocenters. The van der Waals surface area contributed by atoms with Gasteiger partial charge in [0.2, 0.25) is 15.9 Å². The molecule has 1 aromatic carbocycles. The Labute approximate surface area is 163 Å². The van der Waals surface area contributed by atoms with Gasteiger partial charge in [-0.25, -0.2) is 8.42 Å². The maximum atomic E-state index is 13.3. The van der Waals surface area contributed by atoms with Crippen molar-refractivity contribution in [3.05, 3.63) is 18.2 Å². The van der Waals surface area contributed by atoms with Gasteiger partial charge >= 0.3 is 0 Å². The van der Waals surface area contributed by atoms with E-state index >= 15 is 0 Å². The topological polar surface area (TPSA) is 86.7 Å². The first kappa shape index (κ1) is 18.7. The van der Waals surface area contributed by atoms with Crippen LogP contribution in [-0.4, -0.2) is 82.5 Å². The van der Waals surface area contributed by atoms with Gasteiger partial charge in [-0.15, -0.1) is 0 Å². The van der Waals surface area contributed by atoms with Gasteiger partial charge in [-0.1, -0.05) is 13.0 Å². The minimum absolute atomic E-state index is 0.0737. The summed E-state index contributed by atoms with van der Waals surface area (Å²) >= 11 is 0.995. The zero-order valence-corrected chi connectivity index (χ0v) is 16.9. The maximum Gasteiger partial charge on any atom is 0.246 e. The van der Waals surface area contributed by atoms with Crippen molar-refractivity contribution >= 4 is 38.7 Å². The van der Waals surface area contributed by atoms with E-state index in [1.54, 1.807) is 18.2 Å². The number of carbonyl (C=O) groups is 1. The van der Waals surface area contributed by atoms with Gasteiger partial charge in [0.05, 0.1) is 11.7 Å². The third-order valence-electron chi connectivity index (χ3n) is 5.46. The van der Waals surface area contributed by atoms with Crippen molar-refractivity contribution in [1.29, 1.82) is 0 Å². The van der Waals surface area contributed by atoms with Gasteiger partial charge in [-0.2, -0.15) is 13.1 Å². The van der Waals surface area contributed by atoms with Crippen LogP contribution in [0.4, 0.5) is 0 Å². The van der Waals surface area contributed by atoms with Gasteiger partial charge in [-0.3, -0.25) is 4.79 Å². The molecule has 0 bridgehead atoms. The molecular weight excluding hydrogens is 386 g/mol. The molecular formula is C17H23N5O3S2. The number of carbonyl (C=O) groups excluding carboxylic acids is 1. The van der Waals surface area contributed by atoms with Gasteiger partial charge < -0.3 is 9.80 Å². The fourth-order valence-electron chi connectivity index (χ4n) is 3.89. The molecule has 10 heteroatoms. The Morgan fingerprint density at radius 1 is 1.19 bits per heavy atom. The van der Waals surface area contributed by atoms with Crippen molar-refractivity contribution in [2.24, 2.45) is 0 Å². The quantitative estimate of drug-likeness (QED) is 0.749. The van der Waals surface area contributed by atoms with Gasteiger partial charge in [-0.05, 0) is 31.5 Å². The molecule has 2 saturated heterocycles. The fourth-order valence-corrected chi connectivity index (χ4v) is 6.29. The van der Waals surface area contributed by atoms with E-state index in [1.165, 1.54) is 4.31 Å².